The molecular weight excluding hydrogens is 316 g/mol. The first-order valence-electron chi connectivity index (χ1n) is 6.85. The smallest absolute Gasteiger partial charge is 0.229 e. The highest BCUT2D eigenvalue weighted by Crippen LogP contribution is 2.30. The van der Waals surface area contributed by atoms with Gasteiger partial charge in [0, 0.05) is 22.1 Å². The summed E-state index contributed by atoms with van der Waals surface area (Å²) >= 11 is 3.55. The lowest BCUT2D eigenvalue weighted by Gasteiger charge is -2.16. The first-order valence-corrected chi connectivity index (χ1v) is 7.65. The molecule has 3 nitrogen and oxygen atoms in total. The van der Waals surface area contributed by atoms with Crippen LogP contribution in [0.4, 0.5) is 5.69 Å². The Morgan fingerprint density at radius 3 is 2.65 bits per heavy atom. The van der Waals surface area contributed by atoms with Gasteiger partial charge in [-0.3, -0.25) is 4.79 Å². The largest absolute Gasteiger partial charge is 0.325 e. The molecule has 20 heavy (non-hydrogen) atoms. The molecule has 0 aliphatic carbocycles. The summed E-state index contributed by atoms with van der Waals surface area (Å²) in [7, 11) is 0. The van der Waals surface area contributed by atoms with E-state index >= 15 is 0 Å². The minimum absolute atomic E-state index is 0.0532. The number of benzene rings is 2. The van der Waals surface area contributed by atoms with Crippen LogP contribution in [0, 0.1) is 11.8 Å². The number of anilines is 1. The Hall–Kier alpha value is -1.39. The second kappa shape index (κ2) is 5.54. The van der Waals surface area contributed by atoms with E-state index in [0.717, 1.165) is 34.0 Å². The van der Waals surface area contributed by atoms with E-state index in [1.807, 2.05) is 30.3 Å². The van der Waals surface area contributed by atoms with Gasteiger partial charge in [0.2, 0.25) is 5.91 Å². The predicted octanol–water partition coefficient (Wildman–Crippen LogP) is 3.40. The highest BCUT2D eigenvalue weighted by atomic mass is 79.9. The lowest BCUT2D eigenvalue weighted by Crippen LogP contribution is -2.27. The van der Waals surface area contributed by atoms with Gasteiger partial charge >= 0.3 is 0 Å². The number of nitrogens with one attached hydrogen (secondary N) is 2. The first-order chi connectivity index (χ1) is 9.66. The van der Waals surface area contributed by atoms with E-state index in [1.54, 1.807) is 0 Å². The van der Waals surface area contributed by atoms with Crippen molar-refractivity contribution in [3.63, 3.8) is 0 Å². The molecule has 1 aliphatic heterocycles. The van der Waals surface area contributed by atoms with Crippen LogP contribution in [0.3, 0.4) is 0 Å². The molecule has 2 unspecified atom stereocenters. The van der Waals surface area contributed by atoms with Crippen molar-refractivity contribution < 1.29 is 4.79 Å². The van der Waals surface area contributed by atoms with Gasteiger partial charge in [-0.25, -0.2) is 0 Å². The van der Waals surface area contributed by atoms with Gasteiger partial charge in [-0.05, 0) is 30.0 Å². The summed E-state index contributed by atoms with van der Waals surface area (Å²) in [6.45, 7) is 3.80. The van der Waals surface area contributed by atoms with Crippen molar-refractivity contribution in [1.82, 2.24) is 5.32 Å². The average molecular weight is 333 g/mol. The minimum atomic E-state index is 0.0532. The van der Waals surface area contributed by atoms with Crippen LogP contribution in [0.25, 0.3) is 10.8 Å². The molecule has 0 aromatic heterocycles. The van der Waals surface area contributed by atoms with Crippen LogP contribution < -0.4 is 10.6 Å². The number of amides is 1. The summed E-state index contributed by atoms with van der Waals surface area (Å²) in [5.74, 6) is 0.545. The van der Waals surface area contributed by atoms with Crippen molar-refractivity contribution >= 4 is 38.3 Å². The van der Waals surface area contributed by atoms with Gasteiger partial charge in [-0.1, -0.05) is 47.1 Å². The highest BCUT2D eigenvalue weighted by Gasteiger charge is 2.29. The molecule has 4 heteroatoms. The Morgan fingerprint density at radius 2 is 1.95 bits per heavy atom. The van der Waals surface area contributed by atoms with Crippen LogP contribution in [0.15, 0.2) is 40.9 Å². The van der Waals surface area contributed by atoms with Gasteiger partial charge in [0.15, 0.2) is 0 Å². The van der Waals surface area contributed by atoms with Crippen LogP contribution >= 0.6 is 15.9 Å². The standard InChI is InChI=1S/C16H17BrN2O/c1-10-8-18-9-13(10)16(20)19-15-7-6-14(17)11-4-2-3-5-12(11)15/h2-7,10,13,18H,8-9H2,1H3,(H,19,20). The van der Waals surface area contributed by atoms with Crippen LogP contribution in [-0.4, -0.2) is 19.0 Å². The van der Waals surface area contributed by atoms with Crippen molar-refractivity contribution in [2.75, 3.05) is 18.4 Å². The molecule has 104 valence electrons. The summed E-state index contributed by atoms with van der Waals surface area (Å²) in [5, 5.41) is 8.53. The van der Waals surface area contributed by atoms with Crippen molar-refractivity contribution in [3.05, 3.63) is 40.9 Å². The summed E-state index contributed by atoms with van der Waals surface area (Å²) < 4.78 is 1.04. The Kier molecular flexibility index (Phi) is 3.76. The lowest BCUT2D eigenvalue weighted by molar-refractivity contribution is -0.120. The van der Waals surface area contributed by atoms with Crippen LogP contribution in [0.1, 0.15) is 6.92 Å². The fourth-order valence-corrected chi connectivity index (χ4v) is 3.24. The van der Waals surface area contributed by atoms with Gasteiger partial charge in [0.05, 0.1) is 5.92 Å². The van der Waals surface area contributed by atoms with E-state index in [2.05, 4.69) is 39.6 Å². The van der Waals surface area contributed by atoms with E-state index in [-0.39, 0.29) is 11.8 Å². The van der Waals surface area contributed by atoms with Crippen LogP contribution in [0.2, 0.25) is 0 Å². The molecule has 1 saturated heterocycles. The zero-order chi connectivity index (χ0) is 14.1. The van der Waals surface area contributed by atoms with E-state index in [9.17, 15) is 4.79 Å². The zero-order valence-corrected chi connectivity index (χ0v) is 12.9. The second-order valence-corrected chi connectivity index (χ2v) is 6.23. The van der Waals surface area contributed by atoms with E-state index in [1.165, 1.54) is 0 Å². The number of hydrogen-bond acceptors (Lipinski definition) is 2. The maximum absolute atomic E-state index is 12.4. The molecule has 0 saturated carbocycles. The molecule has 1 heterocycles. The Morgan fingerprint density at radius 1 is 1.20 bits per heavy atom. The lowest BCUT2D eigenvalue weighted by atomic mass is 9.97. The predicted molar refractivity (Wildman–Crippen MR) is 85.8 cm³/mol. The van der Waals surface area contributed by atoms with E-state index in [4.69, 9.17) is 0 Å². The molecule has 1 amide bonds. The van der Waals surface area contributed by atoms with Gasteiger partial charge < -0.3 is 10.6 Å². The Labute approximate surface area is 126 Å². The van der Waals surface area contributed by atoms with Crippen molar-refractivity contribution in [1.29, 1.82) is 0 Å². The zero-order valence-electron chi connectivity index (χ0n) is 11.3. The normalized spacial score (nSPS) is 22.1. The van der Waals surface area contributed by atoms with Crippen molar-refractivity contribution in [2.45, 2.75) is 6.92 Å². The fraction of sp³-hybridized carbons (Fsp3) is 0.312. The molecule has 2 aromatic carbocycles. The van der Waals surface area contributed by atoms with Gasteiger partial charge in [0.1, 0.15) is 0 Å². The number of halogens is 1. The summed E-state index contributed by atoms with van der Waals surface area (Å²) in [4.78, 5) is 12.4. The molecule has 1 aliphatic rings. The minimum Gasteiger partial charge on any atom is -0.325 e. The summed E-state index contributed by atoms with van der Waals surface area (Å²) in [6.07, 6.45) is 0. The van der Waals surface area contributed by atoms with Gasteiger partial charge in [0.25, 0.3) is 0 Å². The second-order valence-electron chi connectivity index (χ2n) is 5.37. The fourth-order valence-electron chi connectivity index (χ4n) is 2.76. The summed E-state index contributed by atoms with van der Waals surface area (Å²) in [5.41, 5.74) is 0.882. The SMILES string of the molecule is CC1CNCC1C(=O)Nc1ccc(Br)c2ccccc12. The first kappa shape index (κ1) is 13.6. The molecule has 2 atom stereocenters. The molecule has 1 fully saturated rings. The number of carbonyl (C=O) groups is 1. The van der Waals surface area contributed by atoms with Crippen molar-refractivity contribution in [3.8, 4) is 0 Å². The molecule has 0 bridgehead atoms. The third-order valence-corrected chi connectivity index (χ3v) is 4.67. The molecule has 3 rings (SSSR count). The summed E-state index contributed by atoms with van der Waals surface area (Å²) in [6, 6.07) is 12.0. The quantitative estimate of drug-likeness (QED) is 0.884. The number of rotatable bonds is 2. The number of carbonyl (C=O) groups excluding carboxylic acids is 1. The maximum Gasteiger partial charge on any atom is 0.229 e. The molecule has 0 spiro atoms. The van der Waals surface area contributed by atoms with Gasteiger partial charge in [-0.2, -0.15) is 0 Å². The molecule has 2 N–H and O–H groups in total. The number of fused-ring (bicyclic) bond motifs is 1. The monoisotopic (exact) mass is 332 g/mol. The Balaban J connectivity index is 1.91. The van der Waals surface area contributed by atoms with Crippen LogP contribution in [0.5, 0.6) is 0 Å². The number of hydrogen-bond donors (Lipinski definition) is 2. The highest BCUT2D eigenvalue weighted by molar-refractivity contribution is 9.10. The third-order valence-electron chi connectivity index (χ3n) is 3.98. The van der Waals surface area contributed by atoms with Gasteiger partial charge in [-0.15, -0.1) is 0 Å². The van der Waals surface area contributed by atoms with Crippen LogP contribution in [-0.2, 0) is 4.79 Å². The Bertz CT molecular complexity index is 656. The van der Waals surface area contributed by atoms with E-state index < -0.39 is 0 Å². The third kappa shape index (κ3) is 2.45. The maximum atomic E-state index is 12.4. The average Bonchev–Trinajstić information content (AvgIpc) is 2.88. The molecule has 2 aromatic rings. The van der Waals surface area contributed by atoms with E-state index in [0.29, 0.717) is 5.92 Å². The molecular formula is C16H17BrN2O. The topological polar surface area (TPSA) is 41.1 Å². The van der Waals surface area contributed by atoms with Crippen molar-refractivity contribution in [2.24, 2.45) is 11.8 Å². The molecule has 0 radical (unpaired) electrons.